The lowest BCUT2D eigenvalue weighted by molar-refractivity contribution is -0.138. The number of hydrogen-bond donors (Lipinski definition) is 1. The number of rotatable bonds is 6. The zero-order valence-corrected chi connectivity index (χ0v) is 15.3. The number of nitrogens with one attached hydrogen (secondary N) is 1. The van der Waals surface area contributed by atoms with Crippen LogP contribution in [0.1, 0.15) is 26.3 Å². The van der Waals surface area contributed by atoms with Crippen molar-refractivity contribution in [3.8, 4) is 0 Å². The molecule has 0 aliphatic carbocycles. The van der Waals surface area contributed by atoms with Crippen molar-refractivity contribution < 1.29 is 23.9 Å². The highest BCUT2D eigenvalue weighted by Crippen LogP contribution is 2.27. The summed E-state index contributed by atoms with van der Waals surface area (Å²) in [7, 11) is 0. The molecule has 1 aliphatic rings. The van der Waals surface area contributed by atoms with Gasteiger partial charge in [0.15, 0.2) is 0 Å². The Bertz CT molecular complexity index is 699. The molecule has 2 amide bonds. The fourth-order valence-corrected chi connectivity index (χ4v) is 2.91. The van der Waals surface area contributed by atoms with E-state index >= 15 is 0 Å². The molecule has 0 saturated heterocycles. The van der Waals surface area contributed by atoms with Crippen LogP contribution in [0.4, 0.5) is 4.79 Å². The third kappa shape index (κ3) is 4.62. The van der Waals surface area contributed by atoms with Gasteiger partial charge in [-0.1, -0.05) is 30.3 Å². The van der Waals surface area contributed by atoms with Crippen molar-refractivity contribution >= 4 is 18.0 Å². The van der Waals surface area contributed by atoms with Gasteiger partial charge in [0.1, 0.15) is 0 Å². The van der Waals surface area contributed by atoms with Gasteiger partial charge in [-0.25, -0.2) is 9.59 Å². The molecule has 1 aliphatic heterocycles. The summed E-state index contributed by atoms with van der Waals surface area (Å²) in [4.78, 5) is 37.9. The van der Waals surface area contributed by atoms with Crippen molar-refractivity contribution in [2.45, 2.75) is 33.2 Å². The number of benzene rings is 1. The molecule has 1 atom stereocenters. The Morgan fingerprint density at radius 2 is 1.77 bits per heavy atom. The van der Waals surface area contributed by atoms with Crippen molar-refractivity contribution in [3.63, 3.8) is 0 Å². The van der Waals surface area contributed by atoms with Crippen LogP contribution in [-0.4, -0.2) is 48.7 Å². The van der Waals surface area contributed by atoms with E-state index < -0.39 is 18.1 Å². The van der Waals surface area contributed by atoms with E-state index in [0.29, 0.717) is 12.1 Å². The molecule has 2 rings (SSSR count). The van der Waals surface area contributed by atoms with E-state index in [2.05, 4.69) is 5.32 Å². The molecular formula is C19H24N2O5. The molecule has 0 saturated carbocycles. The highest BCUT2D eigenvalue weighted by molar-refractivity contribution is 5.93. The average molecular weight is 360 g/mol. The molecule has 0 radical (unpaired) electrons. The molecule has 0 bridgehead atoms. The van der Waals surface area contributed by atoms with Crippen LogP contribution in [0, 0.1) is 0 Å². The topological polar surface area (TPSA) is 84.9 Å². The minimum atomic E-state index is -0.541. The van der Waals surface area contributed by atoms with Crippen LogP contribution < -0.4 is 5.32 Å². The third-order valence-corrected chi connectivity index (χ3v) is 3.97. The molecule has 7 heteroatoms. The van der Waals surface area contributed by atoms with Crippen LogP contribution in [0.5, 0.6) is 0 Å². The zero-order chi connectivity index (χ0) is 19.1. The SMILES string of the molecule is CCOC(=O)C1=C(NC(C)=O)C(Cc2ccccc2)N(C(=O)OCC)C1. The smallest absolute Gasteiger partial charge is 0.410 e. The number of nitrogens with zero attached hydrogens (tertiary/aromatic N) is 1. The Morgan fingerprint density at radius 1 is 1.12 bits per heavy atom. The van der Waals surface area contributed by atoms with E-state index in [1.807, 2.05) is 30.3 Å². The predicted octanol–water partition coefficient (Wildman–Crippen LogP) is 2.02. The van der Waals surface area contributed by atoms with E-state index in [1.165, 1.54) is 11.8 Å². The van der Waals surface area contributed by atoms with Crippen LogP contribution >= 0.6 is 0 Å². The van der Waals surface area contributed by atoms with Gasteiger partial charge in [-0.3, -0.25) is 9.69 Å². The lowest BCUT2D eigenvalue weighted by Gasteiger charge is -2.26. The van der Waals surface area contributed by atoms with E-state index in [4.69, 9.17) is 9.47 Å². The Labute approximate surface area is 153 Å². The van der Waals surface area contributed by atoms with Gasteiger partial charge in [0.05, 0.1) is 37.1 Å². The minimum absolute atomic E-state index is 0.0325. The molecule has 1 aromatic rings. The first-order valence-electron chi connectivity index (χ1n) is 8.62. The summed E-state index contributed by atoms with van der Waals surface area (Å²) in [6.45, 7) is 5.24. The van der Waals surface area contributed by atoms with Crippen LogP contribution in [0.3, 0.4) is 0 Å². The highest BCUT2D eigenvalue weighted by Gasteiger charge is 2.40. The predicted molar refractivity (Wildman–Crippen MR) is 95.1 cm³/mol. The Kier molecular flexibility index (Phi) is 6.77. The van der Waals surface area contributed by atoms with Crippen molar-refractivity contribution in [2.75, 3.05) is 19.8 Å². The van der Waals surface area contributed by atoms with Gasteiger partial charge in [-0.2, -0.15) is 0 Å². The summed E-state index contributed by atoms with van der Waals surface area (Å²) in [5, 5.41) is 2.72. The lowest BCUT2D eigenvalue weighted by Crippen LogP contribution is -2.42. The summed E-state index contributed by atoms with van der Waals surface area (Å²) in [6, 6.07) is 9.03. The van der Waals surface area contributed by atoms with Crippen molar-refractivity contribution in [2.24, 2.45) is 0 Å². The normalized spacial score (nSPS) is 16.4. The second kappa shape index (κ2) is 9.03. The lowest BCUT2D eigenvalue weighted by atomic mass is 10.0. The molecule has 0 fully saturated rings. The van der Waals surface area contributed by atoms with Gasteiger partial charge < -0.3 is 14.8 Å². The number of amides is 2. The summed E-state index contributed by atoms with van der Waals surface area (Å²) >= 11 is 0. The molecular weight excluding hydrogens is 336 g/mol. The molecule has 1 N–H and O–H groups in total. The molecule has 0 aromatic heterocycles. The number of carbonyl (C=O) groups is 3. The van der Waals surface area contributed by atoms with Gasteiger partial charge in [-0.05, 0) is 25.8 Å². The van der Waals surface area contributed by atoms with Crippen LogP contribution in [0.25, 0.3) is 0 Å². The maximum Gasteiger partial charge on any atom is 0.410 e. The first kappa shape index (κ1) is 19.5. The Balaban J connectivity index is 2.41. The molecule has 0 spiro atoms. The fourth-order valence-electron chi connectivity index (χ4n) is 2.91. The molecule has 7 nitrogen and oxygen atoms in total. The van der Waals surface area contributed by atoms with Gasteiger partial charge in [0, 0.05) is 6.92 Å². The van der Waals surface area contributed by atoms with Gasteiger partial charge in [-0.15, -0.1) is 0 Å². The van der Waals surface area contributed by atoms with Gasteiger partial charge >= 0.3 is 12.1 Å². The Morgan fingerprint density at radius 3 is 2.35 bits per heavy atom. The molecule has 1 aromatic carbocycles. The number of hydrogen-bond acceptors (Lipinski definition) is 5. The zero-order valence-electron chi connectivity index (χ0n) is 15.3. The first-order valence-corrected chi connectivity index (χ1v) is 8.62. The molecule has 1 unspecified atom stereocenters. The Hall–Kier alpha value is -2.83. The summed E-state index contributed by atoms with van der Waals surface area (Å²) in [5.74, 6) is -0.855. The molecule has 26 heavy (non-hydrogen) atoms. The van der Waals surface area contributed by atoms with E-state index in [0.717, 1.165) is 5.56 Å². The second-order valence-corrected chi connectivity index (χ2v) is 5.83. The minimum Gasteiger partial charge on any atom is -0.463 e. The quantitative estimate of drug-likeness (QED) is 0.785. The maximum atomic E-state index is 12.4. The van der Waals surface area contributed by atoms with E-state index in [9.17, 15) is 14.4 Å². The monoisotopic (exact) mass is 360 g/mol. The fraction of sp³-hybridized carbons (Fsp3) is 0.421. The molecule has 140 valence electrons. The van der Waals surface area contributed by atoms with Crippen LogP contribution in [0.2, 0.25) is 0 Å². The number of esters is 1. The number of ether oxygens (including phenoxy) is 2. The standard InChI is InChI=1S/C19H24N2O5/c1-4-25-18(23)15-12-21(19(24)26-5-2)16(17(15)20-13(3)22)11-14-9-7-6-8-10-14/h6-10,16H,4-5,11-12H2,1-3H3,(H,20,22). The van der Waals surface area contributed by atoms with Crippen LogP contribution in [-0.2, 0) is 25.5 Å². The van der Waals surface area contributed by atoms with E-state index in [-0.39, 0.29) is 31.2 Å². The van der Waals surface area contributed by atoms with Crippen molar-refractivity contribution in [1.82, 2.24) is 10.2 Å². The van der Waals surface area contributed by atoms with Crippen LogP contribution in [0.15, 0.2) is 41.6 Å². The van der Waals surface area contributed by atoms with Gasteiger partial charge in [0.2, 0.25) is 5.91 Å². The highest BCUT2D eigenvalue weighted by atomic mass is 16.6. The number of carbonyl (C=O) groups excluding carboxylic acids is 3. The largest absolute Gasteiger partial charge is 0.463 e. The molecule has 1 heterocycles. The van der Waals surface area contributed by atoms with Crippen molar-refractivity contribution in [1.29, 1.82) is 0 Å². The second-order valence-electron chi connectivity index (χ2n) is 5.83. The third-order valence-electron chi connectivity index (χ3n) is 3.97. The average Bonchev–Trinajstić information content (AvgIpc) is 2.94. The summed E-state index contributed by atoms with van der Waals surface area (Å²) in [5.41, 5.74) is 1.64. The van der Waals surface area contributed by atoms with Crippen molar-refractivity contribution in [3.05, 3.63) is 47.2 Å². The summed E-state index contributed by atoms with van der Waals surface area (Å²) < 4.78 is 10.2. The first-order chi connectivity index (χ1) is 12.5. The van der Waals surface area contributed by atoms with Gasteiger partial charge in [0.25, 0.3) is 0 Å². The maximum absolute atomic E-state index is 12.4. The summed E-state index contributed by atoms with van der Waals surface area (Å²) in [6.07, 6.45) is -0.0892. The van der Waals surface area contributed by atoms with E-state index in [1.54, 1.807) is 13.8 Å².